The van der Waals surface area contributed by atoms with Crippen LogP contribution in [-0.4, -0.2) is 48.6 Å². The standard InChI is InChI=1S/C7H15NO4/c1-2-12-7(11)4-8-3-6(10)5-9/h6,8-10H,2-5H2,1H3. The molecule has 5 nitrogen and oxygen atoms in total. The van der Waals surface area contributed by atoms with E-state index < -0.39 is 6.10 Å². The molecule has 0 heterocycles. The summed E-state index contributed by atoms with van der Waals surface area (Å²) in [5.74, 6) is -0.359. The van der Waals surface area contributed by atoms with Crippen LogP contribution in [0.2, 0.25) is 0 Å². The summed E-state index contributed by atoms with van der Waals surface area (Å²) in [7, 11) is 0. The van der Waals surface area contributed by atoms with Gasteiger partial charge < -0.3 is 20.3 Å². The van der Waals surface area contributed by atoms with E-state index in [2.05, 4.69) is 10.1 Å². The van der Waals surface area contributed by atoms with Gasteiger partial charge in [-0.05, 0) is 6.92 Å². The van der Waals surface area contributed by atoms with Gasteiger partial charge >= 0.3 is 5.97 Å². The lowest BCUT2D eigenvalue weighted by molar-refractivity contribution is -0.142. The van der Waals surface area contributed by atoms with Gasteiger partial charge in [0.05, 0.1) is 25.9 Å². The number of hydrogen-bond acceptors (Lipinski definition) is 5. The molecule has 0 rings (SSSR count). The Morgan fingerprint density at radius 1 is 1.67 bits per heavy atom. The average molecular weight is 177 g/mol. The lowest BCUT2D eigenvalue weighted by Gasteiger charge is -2.07. The average Bonchev–Trinajstić information content (AvgIpc) is 2.04. The fourth-order valence-corrected chi connectivity index (χ4v) is 0.617. The maximum absolute atomic E-state index is 10.7. The van der Waals surface area contributed by atoms with Crippen LogP contribution < -0.4 is 5.32 Å². The zero-order valence-electron chi connectivity index (χ0n) is 7.12. The van der Waals surface area contributed by atoms with Gasteiger partial charge in [-0.3, -0.25) is 4.79 Å². The second-order valence-electron chi connectivity index (χ2n) is 2.27. The molecule has 72 valence electrons. The van der Waals surface area contributed by atoms with E-state index in [1.807, 2.05) is 0 Å². The van der Waals surface area contributed by atoms with Crippen LogP contribution in [0.15, 0.2) is 0 Å². The summed E-state index contributed by atoms with van der Waals surface area (Å²) in [6.07, 6.45) is -0.820. The van der Waals surface area contributed by atoms with Crippen LogP contribution in [0.25, 0.3) is 0 Å². The zero-order chi connectivity index (χ0) is 9.40. The predicted molar refractivity (Wildman–Crippen MR) is 42.6 cm³/mol. The number of nitrogens with one attached hydrogen (secondary N) is 1. The summed E-state index contributed by atoms with van der Waals surface area (Å²) in [6.45, 7) is 2.01. The molecule has 3 N–H and O–H groups in total. The van der Waals surface area contributed by atoms with Crippen molar-refractivity contribution < 1.29 is 19.7 Å². The van der Waals surface area contributed by atoms with Crippen molar-refractivity contribution in [2.24, 2.45) is 0 Å². The summed E-state index contributed by atoms with van der Waals surface area (Å²) < 4.78 is 4.61. The molecule has 0 aliphatic heterocycles. The summed E-state index contributed by atoms with van der Waals surface area (Å²) >= 11 is 0. The molecule has 0 aromatic rings. The van der Waals surface area contributed by atoms with E-state index in [4.69, 9.17) is 10.2 Å². The molecule has 0 amide bonds. The number of aliphatic hydroxyl groups excluding tert-OH is 2. The van der Waals surface area contributed by atoms with Gasteiger partial charge in [0.2, 0.25) is 0 Å². The molecule has 0 aromatic carbocycles. The van der Waals surface area contributed by atoms with Crippen LogP contribution in [-0.2, 0) is 9.53 Å². The SMILES string of the molecule is CCOC(=O)CNCC(O)CO. The van der Waals surface area contributed by atoms with E-state index in [1.54, 1.807) is 6.92 Å². The maximum Gasteiger partial charge on any atom is 0.319 e. The van der Waals surface area contributed by atoms with E-state index in [0.717, 1.165) is 0 Å². The topological polar surface area (TPSA) is 78.8 Å². The van der Waals surface area contributed by atoms with Gasteiger partial charge in [-0.2, -0.15) is 0 Å². The van der Waals surface area contributed by atoms with E-state index in [1.165, 1.54) is 0 Å². The number of carbonyl (C=O) groups excluding carboxylic acids is 1. The quantitative estimate of drug-likeness (QED) is 0.430. The van der Waals surface area contributed by atoms with Gasteiger partial charge in [-0.25, -0.2) is 0 Å². The summed E-state index contributed by atoms with van der Waals surface area (Å²) in [5.41, 5.74) is 0. The Hall–Kier alpha value is -0.650. The van der Waals surface area contributed by atoms with Crippen LogP contribution in [0.1, 0.15) is 6.92 Å². The molecule has 0 aliphatic rings. The number of hydrogen-bond donors (Lipinski definition) is 3. The van der Waals surface area contributed by atoms with Crippen molar-refractivity contribution >= 4 is 5.97 Å². The van der Waals surface area contributed by atoms with Crippen LogP contribution >= 0.6 is 0 Å². The molecule has 0 bridgehead atoms. The summed E-state index contributed by atoms with van der Waals surface area (Å²) in [4.78, 5) is 10.7. The van der Waals surface area contributed by atoms with Crippen molar-refractivity contribution in [1.82, 2.24) is 5.32 Å². The van der Waals surface area contributed by atoms with Crippen molar-refractivity contribution in [3.63, 3.8) is 0 Å². The minimum Gasteiger partial charge on any atom is -0.465 e. The van der Waals surface area contributed by atoms with E-state index in [0.29, 0.717) is 6.61 Å². The molecule has 0 aromatic heterocycles. The third kappa shape index (κ3) is 6.09. The second kappa shape index (κ2) is 7.02. The van der Waals surface area contributed by atoms with Gasteiger partial charge in [0.15, 0.2) is 0 Å². The Balaban J connectivity index is 3.24. The first-order valence-electron chi connectivity index (χ1n) is 3.86. The van der Waals surface area contributed by atoms with Crippen LogP contribution in [0, 0.1) is 0 Å². The highest BCUT2D eigenvalue weighted by Crippen LogP contribution is 1.78. The molecule has 5 heteroatoms. The molecule has 0 aliphatic carbocycles. The van der Waals surface area contributed by atoms with Gasteiger partial charge in [0.1, 0.15) is 0 Å². The molecule has 1 atom stereocenters. The molecule has 0 fully saturated rings. The van der Waals surface area contributed by atoms with Crippen molar-refractivity contribution in [2.75, 3.05) is 26.3 Å². The Labute approximate surface area is 71.3 Å². The molecule has 0 saturated heterocycles. The highest BCUT2D eigenvalue weighted by Gasteiger charge is 2.03. The van der Waals surface area contributed by atoms with E-state index in [9.17, 15) is 4.79 Å². The Morgan fingerprint density at radius 3 is 2.83 bits per heavy atom. The normalized spacial score (nSPS) is 12.6. The Kier molecular flexibility index (Phi) is 6.64. The molecule has 0 saturated carbocycles. The highest BCUT2D eigenvalue weighted by atomic mass is 16.5. The van der Waals surface area contributed by atoms with Gasteiger partial charge in [0.25, 0.3) is 0 Å². The fraction of sp³-hybridized carbons (Fsp3) is 0.857. The van der Waals surface area contributed by atoms with Crippen LogP contribution in [0.5, 0.6) is 0 Å². The predicted octanol–water partition coefficient (Wildman–Crippen LogP) is -1.51. The third-order valence-corrected chi connectivity index (χ3v) is 1.17. The lowest BCUT2D eigenvalue weighted by Crippen LogP contribution is -2.33. The molecule has 12 heavy (non-hydrogen) atoms. The molecular weight excluding hydrogens is 162 g/mol. The second-order valence-corrected chi connectivity index (χ2v) is 2.27. The van der Waals surface area contributed by atoms with Crippen molar-refractivity contribution in [2.45, 2.75) is 13.0 Å². The van der Waals surface area contributed by atoms with Gasteiger partial charge in [-0.1, -0.05) is 0 Å². The first-order valence-corrected chi connectivity index (χ1v) is 3.86. The first kappa shape index (κ1) is 11.4. The maximum atomic E-state index is 10.7. The van der Waals surface area contributed by atoms with Crippen LogP contribution in [0.3, 0.4) is 0 Å². The van der Waals surface area contributed by atoms with Crippen LogP contribution in [0.4, 0.5) is 0 Å². The number of ether oxygens (including phenoxy) is 1. The van der Waals surface area contributed by atoms with Crippen molar-refractivity contribution in [3.8, 4) is 0 Å². The number of rotatable bonds is 6. The first-order chi connectivity index (χ1) is 5.70. The molecule has 1 unspecified atom stereocenters. The Bertz CT molecular complexity index is 129. The molecule has 0 radical (unpaired) electrons. The number of esters is 1. The number of carbonyl (C=O) groups is 1. The monoisotopic (exact) mass is 177 g/mol. The summed E-state index contributed by atoms with van der Waals surface area (Å²) in [5, 5.41) is 19.9. The number of aliphatic hydroxyl groups is 2. The minimum absolute atomic E-state index is 0.0604. The van der Waals surface area contributed by atoms with Crippen molar-refractivity contribution in [1.29, 1.82) is 0 Å². The van der Waals surface area contributed by atoms with E-state index in [-0.39, 0.29) is 25.7 Å². The summed E-state index contributed by atoms with van der Waals surface area (Å²) in [6, 6.07) is 0. The molecule has 0 spiro atoms. The van der Waals surface area contributed by atoms with Gasteiger partial charge in [0, 0.05) is 6.54 Å². The molecular formula is C7H15NO4. The minimum atomic E-state index is -0.820. The zero-order valence-corrected chi connectivity index (χ0v) is 7.12. The fourth-order valence-electron chi connectivity index (χ4n) is 0.617. The smallest absolute Gasteiger partial charge is 0.319 e. The van der Waals surface area contributed by atoms with Crippen molar-refractivity contribution in [3.05, 3.63) is 0 Å². The third-order valence-electron chi connectivity index (χ3n) is 1.17. The van der Waals surface area contributed by atoms with E-state index >= 15 is 0 Å². The largest absolute Gasteiger partial charge is 0.465 e. The highest BCUT2D eigenvalue weighted by molar-refractivity contribution is 5.71. The van der Waals surface area contributed by atoms with Gasteiger partial charge in [-0.15, -0.1) is 0 Å². The Morgan fingerprint density at radius 2 is 2.33 bits per heavy atom. The lowest BCUT2D eigenvalue weighted by atomic mass is 10.4.